The molecule has 21 heavy (non-hydrogen) atoms. The van der Waals surface area contributed by atoms with E-state index in [9.17, 15) is 20.0 Å². The molecular weight excluding hydrogens is 296 g/mol. The molecule has 1 atom stereocenters. The van der Waals surface area contributed by atoms with Crippen LogP contribution in [-0.4, -0.2) is 28.6 Å². The first-order valence-electron chi connectivity index (χ1n) is 6.80. The highest BCUT2D eigenvalue weighted by atomic mass is 35.5. The molecular formula is C14H19ClN2O4. The van der Waals surface area contributed by atoms with Crippen LogP contribution in [-0.2, 0) is 0 Å². The quantitative estimate of drug-likeness (QED) is 0.598. The molecule has 1 rings (SSSR count). The molecule has 0 aliphatic heterocycles. The lowest BCUT2D eigenvalue weighted by Gasteiger charge is -2.20. The van der Waals surface area contributed by atoms with Crippen molar-refractivity contribution in [3.63, 3.8) is 0 Å². The molecule has 2 N–H and O–H groups in total. The Morgan fingerprint density at radius 3 is 2.57 bits per heavy atom. The number of nitrogens with one attached hydrogen (secondary N) is 1. The molecule has 0 heterocycles. The van der Waals surface area contributed by atoms with Crippen LogP contribution in [0.3, 0.4) is 0 Å². The predicted molar refractivity (Wildman–Crippen MR) is 80.5 cm³/mol. The van der Waals surface area contributed by atoms with Crippen LogP contribution in [0.2, 0.25) is 5.02 Å². The van der Waals surface area contributed by atoms with E-state index in [1.54, 1.807) is 0 Å². The maximum atomic E-state index is 12.0. The molecule has 1 aromatic carbocycles. The van der Waals surface area contributed by atoms with E-state index in [4.69, 9.17) is 11.6 Å². The monoisotopic (exact) mass is 314 g/mol. The van der Waals surface area contributed by atoms with Crippen molar-refractivity contribution >= 4 is 23.2 Å². The van der Waals surface area contributed by atoms with Gasteiger partial charge in [-0.05, 0) is 12.0 Å². The molecule has 0 fully saturated rings. The van der Waals surface area contributed by atoms with Crippen LogP contribution in [0.25, 0.3) is 0 Å². The summed E-state index contributed by atoms with van der Waals surface area (Å²) in [5.41, 5.74) is -0.173. The molecule has 7 heteroatoms. The summed E-state index contributed by atoms with van der Waals surface area (Å²) in [6.07, 6.45) is 0.970. The normalized spacial score (nSPS) is 12.2. The maximum absolute atomic E-state index is 12.0. The second-order valence-corrected chi connectivity index (χ2v) is 5.18. The summed E-state index contributed by atoms with van der Waals surface area (Å²) in [6.45, 7) is 4.03. The van der Waals surface area contributed by atoms with Gasteiger partial charge < -0.3 is 10.4 Å². The number of benzene rings is 1. The number of halogens is 1. The lowest BCUT2D eigenvalue weighted by atomic mass is 9.96. The van der Waals surface area contributed by atoms with Gasteiger partial charge in [-0.2, -0.15) is 0 Å². The number of aliphatic hydroxyl groups is 1. The molecule has 0 aliphatic carbocycles. The molecule has 0 saturated heterocycles. The Kier molecular flexibility index (Phi) is 6.58. The van der Waals surface area contributed by atoms with Gasteiger partial charge in [0.25, 0.3) is 11.6 Å². The molecule has 116 valence electrons. The van der Waals surface area contributed by atoms with Gasteiger partial charge in [0.05, 0.1) is 21.6 Å². The second-order valence-electron chi connectivity index (χ2n) is 4.78. The van der Waals surface area contributed by atoms with Gasteiger partial charge in [0.15, 0.2) is 0 Å². The number of nitro groups is 1. The fourth-order valence-corrected chi connectivity index (χ4v) is 2.30. The standard InChI is InChI=1S/C14H19ClN2O4/c1-3-9(4-2)13(18)8-16-14(19)11-7-10(17(20)21)5-6-12(11)15/h5-7,9,13,18H,3-4,8H2,1-2H3,(H,16,19). The summed E-state index contributed by atoms with van der Waals surface area (Å²) in [5.74, 6) is -0.431. The Morgan fingerprint density at radius 1 is 1.43 bits per heavy atom. The van der Waals surface area contributed by atoms with E-state index < -0.39 is 16.9 Å². The van der Waals surface area contributed by atoms with Crippen LogP contribution in [0.4, 0.5) is 5.69 Å². The van der Waals surface area contributed by atoms with Crippen molar-refractivity contribution < 1.29 is 14.8 Å². The first-order valence-corrected chi connectivity index (χ1v) is 7.18. The fraction of sp³-hybridized carbons (Fsp3) is 0.500. The van der Waals surface area contributed by atoms with Crippen molar-refractivity contribution in [2.24, 2.45) is 5.92 Å². The fourth-order valence-electron chi connectivity index (χ4n) is 2.09. The highest BCUT2D eigenvalue weighted by molar-refractivity contribution is 6.33. The molecule has 6 nitrogen and oxygen atoms in total. The molecule has 1 amide bonds. The third-order valence-electron chi connectivity index (χ3n) is 3.47. The van der Waals surface area contributed by atoms with E-state index in [-0.39, 0.29) is 28.7 Å². The number of carbonyl (C=O) groups excluding carboxylic acids is 1. The Bertz CT molecular complexity index is 518. The Morgan fingerprint density at radius 2 is 2.05 bits per heavy atom. The van der Waals surface area contributed by atoms with E-state index in [1.807, 2.05) is 13.8 Å². The van der Waals surface area contributed by atoms with Crippen LogP contribution < -0.4 is 5.32 Å². The van der Waals surface area contributed by atoms with Gasteiger partial charge in [0, 0.05) is 18.7 Å². The van der Waals surface area contributed by atoms with E-state index in [0.717, 1.165) is 18.9 Å². The lowest BCUT2D eigenvalue weighted by molar-refractivity contribution is -0.384. The Labute approximate surface area is 128 Å². The van der Waals surface area contributed by atoms with Crippen molar-refractivity contribution in [2.75, 3.05) is 6.54 Å². The van der Waals surface area contributed by atoms with Gasteiger partial charge in [0.1, 0.15) is 0 Å². The highest BCUT2D eigenvalue weighted by Crippen LogP contribution is 2.22. The van der Waals surface area contributed by atoms with Crippen molar-refractivity contribution in [1.82, 2.24) is 5.32 Å². The zero-order valence-electron chi connectivity index (χ0n) is 12.0. The SMILES string of the molecule is CCC(CC)C(O)CNC(=O)c1cc([N+](=O)[O-])ccc1Cl. The van der Waals surface area contributed by atoms with Crippen LogP contribution in [0.5, 0.6) is 0 Å². The minimum absolute atomic E-state index is 0.0302. The smallest absolute Gasteiger partial charge is 0.270 e. The highest BCUT2D eigenvalue weighted by Gasteiger charge is 2.19. The Hall–Kier alpha value is -1.66. The third kappa shape index (κ3) is 4.68. The van der Waals surface area contributed by atoms with Gasteiger partial charge >= 0.3 is 0 Å². The first kappa shape index (κ1) is 17.4. The summed E-state index contributed by atoms with van der Waals surface area (Å²) in [5, 5.41) is 23.4. The average Bonchev–Trinajstić information content (AvgIpc) is 2.46. The molecule has 0 spiro atoms. The van der Waals surface area contributed by atoms with Gasteiger partial charge in [-0.25, -0.2) is 0 Å². The maximum Gasteiger partial charge on any atom is 0.270 e. The number of nitrogens with zero attached hydrogens (tertiary/aromatic N) is 1. The molecule has 0 bridgehead atoms. The van der Waals surface area contributed by atoms with E-state index in [1.165, 1.54) is 12.1 Å². The summed E-state index contributed by atoms with van der Waals surface area (Å²) < 4.78 is 0. The van der Waals surface area contributed by atoms with Crippen LogP contribution >= 0.6 is 11.6 Å². The van der Waals surface area contributed by atoms with Crippen LogP contribution in [0.1, 0.15) is 37.0 Å². The number of hydrogen-bond donors (Lipinski definition) is 2. The average molecular weight is 315 g/mol. The van der Waals surface area contributed by atoms with Crippen molar-refractivity contribution in [1.29, 1.82) is 0 Å². The van der Waals surface area contributed by atoms with E-state index in [2.05, 4.69) is 5.32 Å². The number of carbonyl (C=O) groups is 1. The number of non-ortho nitro benzene ring substituents is 1. The zero-order chi connectivity index (χ0) is 16.0. The summed E-state index contributed by atoms with van der Waals surface area (Å²) in [7, 11) is 0. The number of amides is 1. The van der Waals surface area contributed by atoms with Crippen molar-refractivity contribution in [2.45, 2.75) is 32.8 Å². The van der Waals surface area contributed by atoms with Crippen LogP contribution in [0, 0.1) is 16.0 Å². The number of hydrogen-bond acceptors (Lipinski definition) is 4. The lowest BCUT2D eigenvalue weighted by Crippen LogP contribution is -2.36. The minimum Gasteiger partial charge on any atom is -0.391 e. The molecule has 0 radical (unpaired) electrons. The Balaban J connectivity index is 2.76. The molecule has 1 aromatic rings. The van der Waals surface area contributed by atoms with Crippen molar-refractivity contribution in [3.8, 4) is 0 Å². The molecule has 1 unspecified atom stereocenters. The number of rotatable bonds is 7. The third-order valence-corrected chi connectivity index (χ3v) is 3.80. The second kappa shape index (κ2) is 7.95. The van der Waals surface area contributed by atoms with Gasteiger partial charge in [0.2, 0.25) is 0 Å². The first-order chi connectivity index (χ1) is 9.90. The van der Waals surface area contributed by atoms with Crippen LogP contribution in [0.15, 0.2) is 18.2 Å². The predicted octanol–water partition coefficient (Wildman–Crippen LogP) is 2.78. The topological polar surface area (TPSA) is 92.5 Å². The largest absolute Gasteiger partial charge is 0.391 e. The summed E-state index contributed by atoms with van der Waals surface area (Å²) in [6, 6.07) is 3.67. The number of nitro benzene ring substituents is 1. The van der Waals surface area contributed by atoms with E-state index in [0.29, 0.717) is 0 Å². The molecule has 0 aromatic heterocycles. The summed E-state index contributed by atoms with van der Waals surface area (Å²) >= 11 is 5.88. The van der Waals surface area contributed by atoms with Gasteiger partial charge in [-0.3, -0.25) is 14.9 Å². The molecule has 0 aliphatic rings. The van der Waals surface area contributed by atoms with Crippen molar-refractivity contribution in [3.05, 3.63) is 38.9 Å². The molecule has 0 saturated carbocycles. The summed E-state index contributed by atoms with van der Waals surface area (Å²) in [4.78, 5) is 22.1. The van der Waals surface area contributed by atoms with Gasteiger partial charge in [-0.1, -0.05) is 38.3 Å². The minimum atomic E-state index is -0.651. The number of aliphatic hydroxyl groups excluding tert-OH is 1. The van der Waals surface area contributed by atoms with Gasteiger partial charge in [-0.15, -0.1) is 0 Å². The van der Waals surface area contributed by atoms with E-state index >= 15 is 0 Å². The zero-order valence-corrected chi connectivity index (χ0v) is 12.8.